The number of ether oxygens (including phenoxy) is 1. The molecule has 0 bridgehead atoms. The Kier molecular flexibility index (Phi) is 8.38. The third kappa shape index (κ3) is 6.14. The molecule has 3 aromatic carbocycles. The first kappa shape index (κ1) is 32.7. The molecule has 7 rings (SSSR count). The van der Waals surface area contributed by atoms with Gasteiger partial charge in [-0.05, 0) is 92.0 Å². The maximum absolute atomic E-state index is 17.0. The Bertz CT molecular complexity index is 2090. The van der Waals surface area contributed by atoms with Crippen LogP contribution in [-0.2, 0) is 19.5 Å². The number of halogens is 2. The summed E-state index contributed by atoms with van der Waals surface area (Å²) in [6.07, 6.45) is 3.16. The Hall–Kier alpha value is -4.84. The fourth-order valence-corrected chi connectivity index (χ4v) is 7.09. The average molecular weight is 670 g/mol. The molecule has 2 aliphatic rings. The van der Waals surface area contributed by atoms with Gasteiger partial charge in [0.2, 0.25) is 0 Å². The van der Waals surface area contributed by atoms with Crippen molar-refractivity contribution in [3.8, 4) is 22.9 Å². The second-order valence-electron chi connectivity index (χ2n) is 13.9. The zero-order chi connectivity index (χ0) is 34.6. The molecule has 256 valence electrons. The van der Waals surface area contributed by atoms with Crippen LogP contribution in [0.5, 0.6) is 11.8 Å². The van der Waals surface area contributed by atoms with E-state index in [0.29, 0.717) is 71.5 Å². The Morgan fingerprint density at radius 3 is 2.53 bits per heavy atom. The number of anilines is 1. The highest BCUT2D eigenvalue weighted by molar-refractivity contribution is 6.03. The Morgan fingerprint density at radius 1 is 1.02 bits per heavy atom. The molecule has 3 heterocycles. The van der Waals surface area contributed by atoms with Gasteiger partial charge in [0.25, 0.3) is 5.91 Å². The molecule has 0 spiro atoms. The smallest absolute Gasteiger partial charge is 0.319 e. The minimum Gasteiger partial charge on any atom is -0.508 e. The quantitative estimate of drug-likeness (QED) is 0.203. The molecule has 0 atom stereocenters. The molecule has 1 aliphatic carbocycles. The zero-order valence-electron chi connectivity index (χ0n) is 28.6. The van der Waals surface area contributed by atoms with Crippen molar-refractivity contribution in [2.75, 3.05) is 52.8 Å². The van der Waals surface area contributed by atoms with Crippen LogP contribution in [0.2, 0.25) is 0 Å². The molecule has 0 radical (unpaired) electrons. The van der Waals surface area contributed by atoms with Crippen molar-refractivity contribution in [2.45, 2.75) is 45.7 Å². The molecule has 1 saturated carbocycles. The van der Waals surface area contributed by atoms with Crippen LogP contribution in [-0.4, -0.2) is 88.4 Å². The number of phenolic OH excluding ortho intramolecular Hbond substituents is 1. The molecule has 1 N–H and O–H groups in total. The number of phenols is 1. The van der Waals surface area contributed by atoms with Crippen molar-refractivity contribution in [2.24, 2.45) is 5.41 Å². The number of aromatic hydroxyl groups is 1. The van der Waals surface area contributed by atoms with Gasteiger partial charge >= 0.3 is 6.01 Å². The number of rotatable bonds is 9. The maximum atomic E-state index is 17.0. The summed E-state index contributed by atoms with van der Waals surface area (Å²) in [4.78, 5) is 27.9. The molecule has 1 amide bonds. The van der Waals surface area contributed by atoms with Gasteiger partial charge in [0.1, 0.15) is 22.9 Å². The zero-order valence-corrected chi connectivity index (χ0v) is 28.6. The van der Waals surface area contributed by atoms with Crippen LogP contribution in [0.4, 0.5) is 14.6 Å². The largest absolute Gasteiger partial charge is 0.508 e. The molecule has 0 unspecified atom stereocenters. The lowest BCUT2D eigenvalue weighted by Crippen LogP contribution is -2.28. The molecule has 49 heavy (non-hydrogen) atoms. The number of nitrogens with zero attached hydrogens (tertiary/aromatic N) is 7. The van der Waals surface area contributed by atoms with Gasteiger partial charge in [-0.2, -0.15) is 15.1 Å². The van der Waals surface area contributed by atoms with Crippen LogP contribution < -0.4 is 9.64 Å². The fraction of sp³-hybridized carbons (Fsp3) is 0.405. The van der Waals surface area contributed by atoms with Crippen LogP contribution in [0.3, 0.4) is 0 Å². The fourth-order valence-electron chi connectivity index (χ4n) is 7.09. The first-order valence-corrected chi connectivity index (χ1v) is 16.7. The average Bonchev–Trinajstić information content (AvgIpc) is 3.76. The van der Waals surface area contributed by atoms with Crippen molar-refractivity contribution in [1.29, 1.82) is 0 Å². The van der Waals surface area contributed by atoms with Gasteiger partial charge in [-0.1, -0.05) is 19.1 Å². The first-order chi connectivity index (χ1) is 23.5. The molecule has 2 aromatic heterocycles. The van der Waals surface area contributed by atoms with Crippen LogP contribution in [0, 0.1) is 17.0 Å². The van der Waals surface area contributed by atoms with Crippen molar-refractivity contribution < 1.29 is 23.4 Å². The van der Waals surface area contributed by atoms with E-state index in [9.17, 15) is 9.90 Å². The van der Waals surface area contributed by atoms with E-state index >= 15 is 8.78 Å². The number of fused-ring (bicyclic) bond motifs is 3. The predicted molar refractivity (Wildman–Crippen MR) is 185 cm³/mol. The highest BCUT2D eigenvalue weighted by Crippen LogP contribution is 2.46. The number of aryl methyl sites for hydroxylation is 2. The van der Waals surface area contributed by atoms with Gasteiger partial charge in [0.05, 0.1) is 18.8 Å². The summed E-state index contributed by atoms with van der Waals surface area (Å²) in [5.74, 6) is -0.711. The van der Waals surface area contributed by atoms with E-state index in [1.165, 1.54) is 17.0 Å². The summed E-state index contributed by atoms with van der Waals surface area (Å²) in [5.41, 5.74) is 2.30. The van der Waals surface area contributed by atoms with E-state index in [-0.39, 0.29) is 40.0 Å². The van der Waals surface area contributed by atoms with Gasteiger partial charge in [-0.15, -0.1) is 0 Å². The first-order valence-electron chi connectivity index (χ1n) is 16.7. The van der Waals surface area contributed by atoms with E-state index in [4.69, 9.17) is 9.72 Å². The molecular weight excluding hydrogens is 628 g/mol. The van der Waals surface area contributed by atoms with Crippen LogP contribution in [0.1, 0.15) is 47.9 Å². The van der Waals surface area contributed by atoms with Gasteiger partial charge in [0.15, 0.2) is 11.5 Å². The van der Waals surface area contributed by atoms with Crippen LogP contribution >= 0.6 is 0 Å². The number of carbonyl (C=O) groups excluding carboxylic acids is 1. The molecule has 0 saturated heterocycles. The number of carbonyl (C=O) groups is 1. The lowest BCUT2D eigenvalue weighted by atomic mass is 9.92. The monoisotopic (exact) mass is 669 g/mol. The highest BCUT2D eigenvalue weighted by Gasteiger charge is 2.44. The van der Waals surface area contributed by atoms with E-state index < -0.39 is 5.82 Å². The van der Waals surface area contributed by atoms with Crippen LogP contribution in [0.15, 0.2) is 42.5 Å². The SMILES string of the molecule is CCc1c(F)ccc2cc(O)cc(-c3ccc4c(N5CCCn6nc(C(=O)N(C)C)cc6C5)nc(OCC5(CN(C)C)CC5)nc4c3F)c12. The van der Waals surface area contributed by atoms with Crippen molar-refractivity contribution >= 4 is 33.4 Å². The number of hydrogen-bond donors (Lipinski definition) is 1. The number of hydrogen-bond acceptors (Lipinski definition) is 8. The molecule has 12 heteroatoms. The summed E-state index contributed by atoms with van der Waals surface area (Å²) >= 11 is 0. The van der Waals surface area contributed by atoms with Gasteiger partial charge < -0.3 is 24.5 Å². The Labute approximate surface area is 283 Å². The number of aromatic nitrogens is 4. The van der Waals surface area contributed by atoms with Crippen molar-refractivity contribution in [1.82, 2.24) is 29.5 Å². The molecular formula is C37H41F2N7O3. The van der Waals surface area contributed by atoms with E-state index in [1.807, 2.05) is 25.7 Å². The Balaban J connectivity index is 1.37. The van der Waals surface area contributed by atoms with E-state index in [2.05, 4.69) is 19.9 Å². The Morgan fingerprint density at radius 2 is 1.82 bits per heavy atom. The number of benzene rings is 3. The van der Waals surface area contributed by atoms with E-state index in [1.54, 1.807) is 44.4 Å². The topological polar surface area (TPSA) is 99.9 Å². The van der Waals surface area contributed by atoms with Gasteiger partial charge in [-0.3, -0.25) is 9.48 Å². The lowest BCUT2D eigenvalue weighted by molar-refractivity contribution is 0.0821. The summed E-state index contributed by atoms with van der Waals surface area (Å²) in [5, 5.41) is 16.9. The standard InChI is InChI=1S/C37H41F2N7O3/c1-6-25-29(38)11-8-22-16-24(47)18-28(31(22)25)26-9-10-27-33(32(26)39)40-36(49-21-37(12-13-37)20-43(2)3)41-34(27)45-14-7-15-46-23(19-45)17-30(42-46)35(48)44(4)5/h8-11,16-18,47H,6-7,12-15,19-21H2,1-5H3. The predicted octanol–water partition coefficient (Wildman–Crippen LogP) is 6.03. The molecule has 1 aliphatic heterocycles. The highest BCUT2D eigenvalue weighted by atomic mass is 19.1. The summed E-state index contributed by atoms with van der Waals surface area (Å²) < 4.78 is 40.2. The third-order valence-corrected chi connectivity index (χ3v) is 9.62. The summed E-state index contributed by atoms with van der Waals surface area (Å²) in [6, 6.07) is 11.3. The third-order valence-electron chi connectivity index (χ3n) is 9.62. The summed E-state index contributed by atoms with van der Waals surface area (Å²) in [7, 11) is 7.45. The summed E-state index contributed by atoms with van der Waals surface area (Å²) in [6.45, 7) is 4.72. The molecule has 10 nitrogen and oxygen atoms in total. The number of amides is 1. The normalized spacial score (nSPS) is 15.5. The molecule has 5 aromatic rings. The van der Waals surface area contributed by atoms with Gasteiger partial charge in [0, 0.05) is 50.1 Å². The second kappa shape index (κ2) is 12.6. The van der Waals surface area contributed by atoms with Crippen LogP contribution in [0.25, 0.3) is 32.8 Å². The minimum absolute atomic E-state index is 0.00599. The van der Waals surface area contributed by atoms with E-state index in [0.717, 1.165) is 31.5 Å². The molecule has 1 fully saturated rings. The second-order valence-corrected chi connectivity index (χ2v) is 13.9. The van der Waals surface area contributed by atoms with Crippen molar-refractivity contribution in [3.05, 3.63) is 71.1 Å². The minimum atomic E-state index is -0.614. The lowest BCUT2D eigenvalue weighted by Gasteiger charge is -2.24. The maximum Gasteiger partial charge on any atom is 0.319 e. The van der Waals surface area contributed by atoms with Gasteiger partial charge in [-0.25, -0.2) is 8.78 Å². The van der Waals surface area contributed by atoms with Crippen molar-refractivity contribution in [3.63, 3.8) is 0 Å².